The first-order chi connectivity index (χ1) is 7.25. The molecule has 0 aliphatic carbocycles. The third-order valence-corrected chi connectivity index (χ3v) is 2.71. The van der Waals surface area contributed by atoms with Crippen molar-refractivity contribution in [1.29, 1.82) is 0 Å². The topological polar surface area (TPSA) is 48.2 Å². The lowest BCUT2D eigenvalue weighted by molar-refractivity contribution is 0.0124. The lowest BCUT2D eigenvalue weighted by Crippen LogP contribution is -2.21. The Balaban J connectivity index is 1.91. The molecule has 1 aliphatic rings. The zero-order valence-corrected chi connectivity index (χ0v) is 9.54. The first-order valence-electron chi connectivity index (χ1n) is 5.34. The van der Waals surface area contributed by atoms with Crippen LogP contribution in [-0.2, 0) is 11.2 Å². The average molecular weight is 231 g/mol. The van der Waals surface area contributed by atoms with E-state index >= 15 is 0 Å². The Morgan fingerprint density at radius 2 is 2.40 bits per heavy atom. The number of nitrogens with zero attached hydrogens (tertiary/aromatic N) is 2. The van der Waals surface area contributed by atoms with Crippen molar-refractivity contribution >= 4 is 11.6 Å². The minimum atomic E-state index is -0.199. The molecule has 15 heavy (non-hydrogen) atoms. The SMILES string of the molecule is CC(Cl)c1noc(CC2CCCCO2)n1. The Hall–Kier alpha value is -0.610. The summed E-state index contributed by atoms with van der Waals surface area (Å²) in [6, 6.07) is 0. The maximum Gasteiger partial charge on any atom is 0.229 e. The number of rotatable bonds is 3. The van der Waals surface area contributed by atoms with Crippen LogP contribution in [0.1, 0.15) is 43.3 Å². The fraction of sp³-hybridized carbons (Fsp3) is 0.800. The highest BCUT2D eigenvalue weighted by Gasteiger charge is 2.18. The smallest absolute Gasteiger partial charge is 0.229 e. The molecule has 1 aliphatic heterocycles. The summed E-state index contributed by atoms with van der Waals surface area (Å²) in [6.07, 6.45) is 4.39. The van der Waals surface area contributed by atoms with Crippen molar-refractivity contribution in [2.75, 3.05) is 6.61 Å². The second-order valence-electron chi connectivity index (χ2n) is 3.86. The Morgan fingerprint density at radius 3 is 3.00 bits per heavy atom. The van der Waals surface area contributed by atoms with E-state index in [4.69, 9.17) is 20.9 Å². The summed E-state index contributed by atoms with van der Waals surface area (Å²) >= 11 is 5.84. The number of alkyl halides is 1. The molecule has 0 radical (unpaired) electrons. The maximum absolute atomic E-state index is 5.84. The first-order valence-corrected chi connectivity index (χ1v) is 5.77. The number of hydrogen-bond acceptors (Lipinski definition) is 4. The fourth-order valence-corrected chi connectivity index (χ4v) is 1.76. The van der Waals surface area contributed by atoms with Crippen molar-refractivity contribution in [1.82, 2.24) is 10.1 Å². The van der Waals surface area contributed by atoms with Crippen LogP contribution >= 0.6 is 11.6 Å². The van der Waals surface area contributed by atoms with Gasteiger partial charge in [0.25, 0.3) is 0 Å². The van der Waals surface area contributed by atoms with Crippen LogP contribution in [0.5, 0.6) is 0 Å². The van der Waals surface area contributed by atoms with Crippen LogP contribution < -0.4 is 0 Å². The predicted octanol–water partition coefficient (Wildman–Crippen LogP) is 2.48. The van der Waals surface area contributed by atoms with Gasteiger partial charge >= 0.3 is 0 Å². The van der Waals surface area contributed by atoms with Gasteiger partial charge in [0.2, 0.25) is 5.89 Å². The van der Waals surface area contributed by atoms with Crippen molar-refractivity contribution in [3.63, 3.8) is 0 Å². The van der Waals surface area contributed by atoms with Gasteiger partial charge in [-0.1, -0.05) is 5.16 Å². The molecule has 1 saturated heterocycles. The molecule has 1 aromatic rings. The Morgan fingerprint density at radius 1 is 1.53 bits per heavy atom. The quantitative estimate of drug-likeness (QED) is 0.749. The van der Waals surface area contributed by atoms with E-state index in [-0.39, 0.29) is 11.5 Å². The molecule has 0 saturated carbocycles. The van der Waals surface area contributed by atoms with Crippen LogP contribution in [0.3, 0.4) is 0 Å². The minimum Gasteiger partial charge on any atom is -0.378 e. The average Bonchev–Trinajstić information content (AvgIpc) is 2.68. The molecule has 5 heteroatoms. The van der Waals surface area contributed by atoms with Crippen LogP contribution in [0.2, 0.25) is 0 Å². The first kappa shape index (κ1) is 10.9. The summed E-state index contributed by atoms with van der Waals surface area (Å²) in [6.45, 7) is 2.67. The normalized spacial score (nSPS) is 24.0. The van der Waals surface area contributed by atoms with E-state index in [0.29, 0.717) is 18.1 Å². The summed E-state index contributed by atoms with van der Waals surface area (Å²) in [5, 5.41) is 3.61. The molecule has 2 unspecified atom stereocenters. The van der Waals surface area contributed by atoms with E-state index < -0.39 is 0 Å². The molecule has 0 aromatic carbocycles. The van der Waals surface area contributed by atoms with E-state index in [0.717, 1.165) is 19.4 Å². The lowest BCUT2D eigenvalue weighted by Gasteiger charge is -2.20. The molecule has 1 fully saturated rings. The summed E-state index contributed by atoms with van der Waals surface area (Å²) in [4.78, 5) is 4.21. The molecule has 84 valence electrons. The molecule has 2 heterocycles. The van der Waals surface area contributed by atoms with E-state index in [2.05, 4.69) is 10.1 Å². The van der Waals surface area contributed by atoms with Gasteiger partial charge in [0.15, 0.2) is 5.82 Å². The van der Waals surface area contributed by atoms with E-state index in [9.17, 15) is 0 Å². The molecular formula is C10H15ClN2O2. The van der Waals surface area contributed by atoms with Gasteiger partial charge < -0.3 is 9.26 Å². The molecule has 4 nitrogen and oxygen atoms in total. The van der Waals surface area contributed by atoms with Crippen molar-refractivity contribution in [2.45, 2.75) is 44.1 Å². The monoisotopic (exact) mass is 230 g/mol. The highest BCUT2D eigenvalue weighted by atomic mass is 35.5. The Labute approximate surface area is 93.9 Å². The molecule has 0 bridgehead atoms. The van der Waals surface area contributed by atoms with Gasteiger partial charge in [-0.2, -0.15) is 4.98 Å². The highest BCUT2D eigenvalue weighted by Crippen LogP contribution is 2.19. The van der Waals surface area contributed by atoms with E-state index in [1.807, 2.05) is 6.92 Å². The Bertz CT molecular complexity index is 308. The molecule has 0 N–H and O–H groups in total. The van der Waals surface area contributed by atoms with Gasteiger partial charge in [-0.3, -0.25) is 0 Å². The predicted molar refractivity (Wildman–Crippen MR) is 55.9 cm³/mol. The lowest BCUT2D eigenvalue weighted by atomic mass is 10.1. The molecule has 1 aromatic heterocycles. The van der Waals surface area contributed by atoms with Crippen LogP contribution in [0.4, 0.5) is 0 Å². The van der Waals surface area contributed by atoms with Crippen molar-refractivity contribution < 1.29 is 9.26 Å². The zero-order valence-electron chi connectivity index (χ0n) is 8.78. The largest absolute Gasteiger partial charge is 0.378 e. The molecular weight excluding hydrogens is 216 g/mol. The fourth-order valence-electron chi connectivity index (χ4n) is 1.68. The highest BCUT2D eigenvalue weighted by molar-refractivity contribution is 6.20. The third-order valence-electron chi connectivity index (χ3n) is 2.52. The van der Waals surface area contributed by atoms with E-state index in [1.54, 1.807) is 0 Å². The number of aromatic nitrogens is 2. The summed E-state index contributed by atoms with van der Waals surface area (Å²) in [7, 11) is 0. The van der Waals surface area contributed by atoms with Gasteiger partial charge in [0, 0.05) is 6.61 Å². The second-order valence-corrected chi connectivity index (χ2v) is 4.51. The van der Waals surface area contributed by atoms with Gasteiger partial charge in [-0.05, 0) is 26.2 Å². The number of hydrogen-bond donors (Lipinski definition) is 0. The molecule has 2 atom stereocenters. The molecule has 0 amide bonds. The van der Waals surface area contributed by atoms with Crippen LogP contribution in [0.15, 0.2) is 4.52 Å². The van der Waals surface area contributed by atoms with Crippen LogP contribution in [-0.4, -0.2) is 22.9 Å². The molecule has 0 spiro atoms. The number of ether oxygens (including phenoxy) is 1. The van der Waals surface area contributed by atoms with Crippen molar-refractivity contribution in [2.24, 2.45) is 0 Å². The van der Waals surface area contributed by atoms with Crippen LogP contribution in [0, 0.1) is 0 Å². The van der Waals surface area contributed by atoms with Gasteiger partial charge in [-0.25, -0.2) is 0 Å². The third kappa shape index (κ3) is 2.92. The number of halogens is 1. The summed E-state index contributed by atoms with van der Waals surface area (Å²) in [5.74, 6) is 1.19. The van der Waals surface area contributed by atoms with Gasteiger partial charge in [0.05, 0.1) is 17.9 Å². The van der Waals surface area contributed by atoms with Gasteiger partial charge in [0.1, 0.15) is 0 Å². The minimum absolute atomic E-state index is 0.199. The van der Waals surface area contributed by atoms with E-state index in [1.165, 1.54) is 6.42 Å². The Kier molecular flexibility index (Phi) is 3.59. The maximum atomic E-state index is 5.84. The zero-order chi connectivity index (χ0) is 10.7. The molecule has 2 rings (SSSR count). The standard InChI is InChI=1S/C10H15ClN2O2/c1-7(11)10-12-9(15-13-10)6-8-4-2-3-5-14-8/h7-8H,2-6H2,1H3. The van der Waals surface area contributed by atoms with Crippen molar-refractivity contribution in [3.8, 4) is 0 Å². The summed E-state index contributed by atoms with van der Waals surface area (Å²) in [5.41, 5.74) is 0. The van der Waals surface area contributed by atoms with Crippen molar-refractivity contribution in [3.05, 3.63) is 11.7 Å². The second kappa shape index (κ2) is 4.94. The summed E-state index contributed by atoms with van der Waals surface area (Å²) < 4.78 is 10.7. The van der Waals surface area contributed by atoms with Crippen LogP contribution in [0.25, 0.3) is 0 Å². The van der Waals surface area contributed by atoms with Gasteiger partial charge in [-0.15, -0.1) is 11.6 Å².